The number of urea groups is 1. The van der Waals surface area contributed by atoms with Gasteiger partial charge in [-0.2, -0.15) is 0 Å². The molecule has 1 heterocycles. The fraction of sp³-hybridized carbons (Fsp3) is 0.278. The summed E-state index contributed by atoms with van der Waals surface area (Å²) in [6.07, 6.45) is 1.96. The van der Waals surface area contributed by atoms with Crippen LogP contribution in [0.5, 0.6) is 0 Å². The number of benzene rings is 2. The zero-order valence-electron chi connectivity index (χ0n) is 13.1. The van der Waals surface area contributed by atoms with E-state index in [4.69, 9.17) is 4.74 Å². The predicted molar refractivity (Wildman–Crippen MR) is 93.9 cm³/mol. The van der Waals surface area contributed by atoms with Gasteiger partial charge < -0.3 is 15.0 Å². The van der Waals surface area contributed by atoms with Crippen molar-refractivity contribution in [2.45, 2.75) is 11.0 Å². The van der Waals surface area contributed by atoms with E-state index in [0.29, 0.717) is 19.7 Å². The van der Waals surface area contributed by atoms with Crippen LogP contribution in [-0.4, -0.2) is 36.9 Å². The van der Waals surface area contributed by atoms with Gasteiger partial charge in [0.1, 0.15) is 6.10 Å². The van der Waals surface area contributed by atoms with Crippen molar-refractivity contribution in [2.75, 3.05) is 31.3 Å². The van der Waals surface area contributed by atoms with Crippen LogP contribution >= 0.6 is 11.8 Å². The van der Waals surface area contributed by atoms with Gasteiger partial charge in [0.25, 0.3) is 0 Å². The number of hydrogen-bond acceptors (Lipinski definition) is 3. The van der Waals surface area contributed by atoms with Crippen LogP contribution in [0.25, 0.3) is 0 Å². The highest BCUT2D eigenvalue weighted by molar-refractivity contribution is 7.98. The molecule has 1 aliphatic rings. The van der Waals surface area contributed by atoms with Crippen LogP contribution in [-0.2, 0) is 4.74 Å². The quantitative estimate of drug-likeness (QED) is 0.866. The normalized spacial score (nSPS) is 17.8. The van der Waals surface area contributed by atoms with E-state index in [2.05, 4.69) is 5.32 Å². The average molecular weight is 328 g/mol. The molecule has 0 radical (unpaired) electrons. The number of hydrogen-bond donors (Lipinski definition) is 1. The number of ether oxygens (including phenoxy) is 1. The van der Waals surface area contributed by atoms with Crippen LogP contribution in [0, 0.1) is 0 Å². The molecule has 0 aromatic heterocycles. The lowest BCUT2D eigenvalue weighted by Gasteiger charge is -2.33. The van der Waals surface area contributed by atoms with Crippen molar-refractivity contribution in [3.05, 3.63) is 60.2 Å². The SMILES string of the molecule is CSc1cccc(NC(=O)N2CCOC(c3ccccc3)C2)c1. The van der Waals surface area contributed by atoms with E-state index in [1.807, 2.05) is 65.8 Å². The monoisotopic (exact) mass is 328 g/mol. The fourth-order valence-electron chi connectivity index (χ4n) is 2.61. The summed E-state index contributed by atoms with van der Waals surface area (Å²) < 4.78 is 5.81. The first kappa shape index (κ1) is 15.9. The number of thioether (sulfide) groups is 1. The minimum absolute atomic E-state index is 0.0618. The summed E-state index contributed by atoms with van der Waals surface area (Å²) in [6, 6.07) is 17.8. The number of morpholine rings is 1. The lowest BCUT2D eigenvalue weighted by atomic mass is 10.1. The largest absolute Gasteiger partial charge is 0.370 e. The van der Waals surface area contributed by atoms with Crippen LogP contribution in [0.1, 0.15) is 11.7 Å². The third-order valence-electron chi connectivity index (χ3n) is 3.85. The van der Waals surface area contributed by atoms with Crippen molar-refractivity contribution in [1.29, 1.82) is 0 Å². The molecule has 2 aromatic rings. The van der Waals surface area contributed by atoms with Crippen LogP contribution < -0.4 is 5.32 Å². The summed E-state index contributed by atoms with van der Waals surface area (Å²) >= 11 is 1.66. The second-order valence-corrected chi connectivity index (χ2v) is 6.26. The summed E-state index contributed by atoms with van der Waals surface area (Å²) in [5.41, 5.74) is 1.93. The molecule has 0 bridgehead atoms. The fourth-order valence-corrected chi connectivity index (χ4v) is 3.07. The third-order valence-corrected chi connectivity index (χ3v) is 4.57. The molecule has 1 atom stereocenters. The molecule has 3 rings (SSSR count). The standard InChI is InChI=1S/C18H20N2O2S/c1-23-16-9-5-8-15(12-16)19-18(21)20-10-11-22-17(13-20)14-6-3-2-4-7-14/h2-9,12,17H,10-11,13H2,1H3,(H,19,21). The molecule has 23 heavy (non-hydrogen) atoms. The topological polar surface area (TPSA) is 41.6 Å². The Bertz CT molecular complexity index is 663. The van der Waals surface area contributed by atoms with Gasteiger partial charge in [-0.15, -0.1) is 11.8 Å². The summed E-state index contributed by atoms with van der Waals surface area (Å²) in [5, 5.41) is 2.98. The number of nitrogens with one attached hydrogen (secondary N) is 1. The van der Waals surface area contributed by atoms with E-state index in [1.54, 1.807) is 11.8 Å². The first-order chi connectivity index (χ1) is 11.3. The van der Waals surface area contributed by atoms with E-state index >= 15 is 0 Å². The number of carbonyl (C=O) groups excluding carboxylic acids is 1. The summed E-state index contributed by atoms with van der Waals surface area (Å²) in [6.45, 7) is 1.73. The van der Waals surface area contributed by atoms with E-state index in [1.165, 1.54) is 0 Å². The molecular weight excluding hydrogens is 308 g/mol. The second-order valence-electron chi connectivity index (χ2n) is 5.38. The van der Waals surface area contributed by atoms with Gasteiger partial charge >= 0.3 is 6.03 Å². The van der Waals surface area contributed by atoms with E-state index in [0.717, 1.165) is 16.1 Å². The zero-order valence-corrected chi connectivity index (χ0v) is 13.9. The van der Waals surface area contributed by atoms with Crippen molar-refractivity contribution in [1.82, 2.24) is 4.90 Å². The molecule has 120 valence electrons. The number of amides is 2. The van der Waals surface area contributed by atoms with Crippen LogP contribution in [0.4, 0.5) is 10.5 Å². The molecule has 0 spiro atoms. The molecule has 0 aliphatic carbocycles. The van der Waals surface area contributed by atoms with E-state index < -0.39 is 0 Å². The van der Waals surface area contributed by atoms with Gasteiger partial charge in [-0.05, 0) is 30.0 Å². The van der Waals surface area contributed by atoms with Crippen molar-refractivity contribution < 1.29 is 9.53 Å². The molecule has 5 heteroatoms. The van der Waals surface area contributed by atoms with Crippen LogP contribution in [0.3, 0.4) is 0 Å². The Kier molecular flexibility index (Phi) is 5.20. The van der Waals surface area contributed by atoms with Crippen molar-refractivity contribution in [3.63, 3.8) is 0 Å². The minimum atomic E-state index is -0.0764. The summed E-state index contributed by atoms with van der Waals surface area (Å²) in [4.78, 5) is 15.4. The van der Waals surface area contributed by atoms with E-state index in [9.17, 15) is 4.79 Å². The highest BCUT2D eigenvalue weighted by Crippen LogP contribution is 2.23. The molecule has 1 saturated heterocycles. The van der Waals surface area contributed by atoms with Gasteiger partial charge in [0, 0.05) is 17.1 Å². The van der Waals surface area contributed by atoms with Gasteiger partial charge in [0.05, 0.1) is 13.2 Å². The third kappa shape index (κ3) is 4.06. The van der Waals surface area contributed by atoms with Gasteiger partial charge in [0.15, 0.2) is 0 Å². The average Bonchev–Trinajstić information content (AvgIpc) is 2.63. The molecule has 1 unspecified atom stereocenters. The first-order valence-corrected chi connectivity index (χ1v) is 8.85. The van der Waals surface area contributed by atoms with Gasteiger partial charge in [0.2, 0.25) is 0 Å². The molecule has 1 aliphatic heterocycles. The van der Waals surface area contributed by atoms with Crippen LogP contribution in [0.15, 0.2) is 59.5 Å². The smallest absolute Gasteiger partial charge is 0.322 e. The Morgan fingerprint density at radius 2 is 2.04 bits per heavy atom. The Morgan fingerprint density at radius 3 is 2.83 bits per heavy atom. The molecule has 4 nitrogen and oxygen atoms in total. The number of anilines is 1. The maximum absolute atomic E-state index is 12.5. The Morgan fingerprint density at radius 1 is 1.22 bits per heavy atom. The van der Waals surface area contributed by atoms with Crippen molar-refractivity contribution in [3.8, 4) is 0 Å². The Balaban J connectivity index is 1.65. The van der Waals surface area contributed by atoms with Crippen LogP contribution in [0.2, 0.25) is 0 Å². The van der Waals surface area contributed by atoms with Gasteiger partial charge in [-0.25, -0.2) is 4.79 Å². The maximum atomic E-state index is 12.5. The molecule has 1 N–H and O–H groups in total. The Labute approximate surface area is 140 Å². The highest BCUT2D eigenvalue weighted by Gasteiger charge is 2.25. The number of rotatable bonds is 3. The highest BCUT2D eigenvalue weighted by atomic mass is 32.2. The maximum Gasteiger partial charge on any atom is 0.322 e. The lowest BCUT2D eigenvalue weighted by molar-refractivity contribution is -0.0135. The second kappa shape index (κ2) is 7.53. The molecule has 0 saturated carbocycles. The lowest BCUT2D eigenvalue weighted by Crippen LogP contribution is -2.44. The number of nitrogens with zero attached hydrogens (tertiary/aromatic N) is 1. The molecular formula is C18H20N2O2S. The Hall–Kier alpha value is -1.98. The molecule has 2 amide bonds. The first-order valence-electron chi connectivity index (χ1n) is 7.63. The number of carbonyl (C=O) groups is 1. The minimum Gasteiger partial charge on any atom is -0.370 e. The molecule has 2 aromatic carbocycles. The van der Waals surface area contributed by atoms with Gasteiger partial charge in [-0.3, -0.25) is 0 Å². The zero-order chi connectivity index (χ0) is 16.1. The van der Waals surface area contributed by atoms with Crippen molar-refractivity contribution in [2.24, 2.45) is 0 Å². The molecule has 1 fully saturated rings. The summed E-state index contributed by atoms with van der Waals surface area (Å²) in [5.74, 6) is 0. The summed E-state index contributed by atoms with van der Waals surface area (Å²) in [7, 11) is 0. The predicted octanol–water partition coefficient (Wildman–Crippen LogP) is 4.01. The van der Waals surface area contributed by atoms with Crippen molar-refractivity contribution >= 4 is 23.5 Å². The van der Waals surface area contributed by atoms with Gasteiger partial charge in [-0.1, -0.05) is 36.4 Å². The van der Waals surface area contributed by atoms with E-state index in [-0.39, 0.29) is 12.1 Å².